The van der Waals surface area contributed by atoms with Crippen molar-refractivity contribution in [2.75, 3.05) is 13.7 Å². The molecule has 0 spiro atoms. The number of hydrogen-bond donors (Lipinski definition) is 2. The summed E-state index contributed by atoms with van der Waals surface area (Å²) in [6, 6.07) is 3.74. The van der Waals surface area contributed by atoms with E-state index in [4.69, 9.17) is 0 Å². The van der Waals surface area contributed by atoms with Gasteiger partial charge in [0.1, 0.15) is 0 Å². The summed E-state index contributed by atoms with van der Waals surface area (Å²) in [6.07, 6.45) is 0.269. The molecule has 0 bridgehead atoms. The normalized spacial score (nSPS) is 9.67. The van der Waals surface area contributed by atoms with E-state index in [9.17, 15) is 9.59 Å². The van der Waals surface area contributed by atoms with E-state index in [-0.39, 0.29) is 24.8 Å². The SMILES string of the molecule is CNC(=O)CONC(=O)Cc1cccs1. The number of hydroxylamine groups is 1. The molecule has 0 radical (unpaired) electrons. The smallest absolute Gasteiger partial charge is 0.248 e. The number of thiophene rings is 1. The molecule has 15 heavy (non-hydrogen) atoms. The molecule has 6 heteroatoms. The lowest BCUT2D eigenvalue weighted by Crippen LogP contribution is -2.31. The highest BCUT2D eigenvalue weighted by molar-refractivity contribution is 7.10. The molecular weight excluding hydrogens is 216 g/mol. The molecule has 0 saturated carbocycles. The fraction of sp³-hybridized carbons (Fsp3) is 0.333. The highest BCUT2D eigenvalue weighted by Crippen LogP contribution is 2.08. The maximum absolute atomic E-state index is 11.2. The van der Waals surface area contributed by atoms with Crippen LogP contribution < -0.4 is 10.8 Å². The molecule has 5 nitrogen and oxygen atoms in total. The Labute approximate surface area is 91.4 Å². The number of amides is 2. The molecular formula is C9H12N2O3S. The first-order chi connectivity index (χ1) is 7.22. The molecule has 2 amide bonds. The fourth-order valence-corrected chi connectivity index (χ4v) is 1.57. The number of rotatable bonds is 5. The third kappa shape index (κ3) is 4.57. The van der Waals surface area contributed by atoms with E-state index in [0.29, 0.717) is 0 Å². The van der Waals surface area contributed by atoms with Gasteiger partial charge in [-0.15, -0.1) is 11.3 Å². The maximum atomic E-state index is 11.2. The van der Waals surface area contributed by atoms with Crippen LogP contribution in [0.25, 0.3) is 0 Å². The van der Waals surface area contributed by atoms with Crippen molar-refractivity contribution in [3.63, 3.8) is 0 Å². The van der Waals surface area contributed by atoms with E-state index in [1.807, 2.05) is 17.5 Å². The topological polar surface area (TPSA) is 67.4 Å². The second kappa shape index (κ2) is 6.15. The third-order valence-corrected chi connectivity index (χ3v) is 2.46. The molecule has 0 aliphatic carbocycles. The lowest BCUT2D eigenvalue weighted by atomic mass is 10.3. The van der Waals surface area contributed by atoms with Crippen molar-refractivity contribution in [2.45, 2.75) is 6.42 Å². The molecule has 0 atom stereocenters. The molecule has 0 aliphatic rings. The van der Waals surface area contributed by atoms with Crippen molar-refractivity contribution >= 4 is 23.2 Å². The van der Waals surface area contributed by atoms with Gasteiger partial charge in [-0.3, -0.25) is 14.4 Å². The molecule has 1 aromatic heterocycles. The maximum Gasteiger partial charge on any atom is 0.248 e. The van der Waals surface area contributed by atoms with Gasteiger partial charge in [0.2, 0.25) is 11.8 Å². The van der Waals surface area contributed by atoms with Crippen molar-refractivity contribution in [1.29, 1.82) is 0 Å². The summed E-state index contributed by atoms with van der Waals surface area (Å²) in [5.74, 6) is -0.548. The highest BCUT2D eigenvalue weighted by Gasteiger charge is 2.05. The van der Waals surface area contributed by atoms with E-state index in [1.54, 1.807) is 0 Å². The standard InChI is InChI=1S/C9H12N2O3S/c1-10-9(13)6-14-11-8(12)5-7-3-2-4-15-7/h2-4H,5-6H2,1H3,(H,10,13)(H,11,12). The molecule has 1 aromatic rings. The minimum Gasteiger partial charge on any atom is -0.357 e. The van der Waals surface area contributed by atoms with E-state index in [2.05, 4.69) is 15.6 Å². The van der Waals surface area contributed by atoms with Crippen molar-refractivity contribution in [3.8, 4) is 0 Å². The molecule has 0 fully saturated rings. The average molecular weight is 228 g/mol. The number of carbonyl (C=O) groups is 2. The Morgan fingerprint density at radius 2 is 2.27 bits per heavy atom. The Hall–Kier alpha value is -1.40. The largest absolute Gasteiger partial charge is 0.357 e. The monoisotopic (exact) mass is 228 g/mol. The van der Waals surface area contributed by atoms with Crippen LogP contribution in [-0.2, 0) is 20.8 Å². The second-order valence-electron chi connectivity index (χ2n) is 2.74. The predicted molar refractivity (Wildman–Crippen MR) is 56.2 cm³/mol. The van der Waals surface area contributed by atoms with Crippen LogP contribution in [0, 0.1) is 0 Å². The van der Waals surface area contributed by atoms with Gasteiger partial charge in [-0.2, -0.15) is 0 Å². The van der Waals surface area contributed by atoms with Crippen LogP contribution in [0.1, 0.15) is 4.88 Å². The van der Waals surface area contributed by atoms with Gasteiger partial charge >= 0.3 is 0 Å². The van der Waals surface area contributed by atoms with Gasteiger partial charge < -0.3 is 5.32 Å². The summed E-state index contributed by atoms with van der Waals surface area (Å²) in [7, 11) is 1.50. The first-order valence-corrected chi connectivity index (χ1v) is 5.24. The molecule has 0 aliphatic heterocycles. The van der Waals surface area contributed by atoms with Gasteiger partial charge in [0.05, 0.1) is 6.42 Å². The van der Waals surface area contributed by atoms with Crippen LogP contribution in [-0.4, -0.2) is 25.5 Å². The minimum absolute atomic E-state index is 0.174. The summed E-state index contributed by atoms with van der Waals surface area (Å²) in [5, 5.41) is 4.27. The summed E-state index contributed by atoms with van der Waals surface area (Å²) < 4.78 is 0. The number of nitrogens with one attached hydrogen (secondary N) is 2. The third-order valence-electron chi connectivity index (χ3n) is 1.58. The van der Waals surface area contributed by atoms with Crippen molar-refractivity contribution < 1.29 is 14.4 Å². The van der Waals surface area contributed by atoms with Gasteiger partial charge in [0, 0.05) is 11.9 Å². The van der Waals surface area contributed by atoms with Gasteiger partial charge in [-0.05, 0) is 11.4 Å². The van der Waals surface area contributed by atoms with Crippen LogP contribution in [0.2, 0.25) is 0 Å². The number of carbonyl (C=O) groups excluding carboxylic acids is 2. The Bertz CT molecular complexity index is 324. The van der Waals surface area contributed by atoms with Gasteiger partial charge in [0.25, 0.3) is 0 Å². The summed E-state index contributed by atoms with van der Waals surface area (Å²) >= 11 is 1.50. The lowest BCUT2D eigenvalue weighted by Gasteiger charge is -2.03. The van der Waals surface area contributed by atoms with Crippen LogP contribution in [0.4, 0.5) is 0 Å². The number of likely N-dealkylation sites (N-methyl/N-ethyl adjacent to an activating group) is 1. The average Bonchev–Trinajstić information content (AvgIpc) is 2.70. The van der Waals surface area contributed by atoms with E-state index >= 15 is 0 Å². The van der Waals surface area contributed by atoms with Crippen LogP contribution in [0.3, 0.4) is 0 Å². The van der Waals surface area contributed by atoms with E-state index in [1.165, 1.54) is 18.4 Å². The second-order valence-corrected chi connectivity index (χ2v) is 3.78. The Balaban J connectivity index is 2.17. The zero-order chi connectivity index (χ0) is 11.1. The predicted octanol–water partition coefficient (Wildman–Crippen LogP) is 0.0844. The summed E-state index contributed by atoms with van der Waals surface area (Å²) in [4.78, 5) is 27.6. The Morgan fingerprint density at radius 3 is 2.87 bits per heavy atom. The van der Waals surface area contributed by atoms with Crippen molar-refractivity contribution in [1.82, 2.24) is 10.8 Å². The first-order valence-electron chi connectivity index (χ1n) is 4.36. The first kappa shape index (κ1) is 11.7. The summed E-state index contributed by atoms with van der Waals surface area (Å²) in [5.41, 5.74) is 2.19. The van der Waals surface area contributed by atoms with E-state index < -0.39 is 0 Å². The van der Waals surface area contributed by atoms with Gasteiger partial charge in [0.15, 0.2) is 6.61 Å². The molecule has 0 aromatic carbocycles. The highest BCUT2D eigenvalue weighted by atomic mass is 32.1. The molecule has 1 heterocycles. The van der Waals surface area contributed by atoms with Crippen LogP contribution >= 0.6 is 11.3 Å². The molecule has 1 rings (SSSR count). The van der Waals surface area contributed by atoms with Crippen molar-refractivity contribution in [2.24, 2.45) is 0 Å². The molecule has 2 N–H and O–H groups in total. The fourth-order valence-electron chi connectivity index (χ4n) is 0.862. The molecule has 0 saturated heterocycles. The number of hydrogen-bond acceptors (Lipinski definition) is 4. The molecule has 0 unspecified atom stereocenters. The van der Waals surface area contributed by atoms with Crippen molar-refractivity contribution in [3.05, 3.63) is 22.4 Å². The summed E-state index contributed by atoms with van der Waals surface area (Å²) in [6.45, 7) is -0.174. The molecule has 82 valence electrons. The van der Waals surface area contributed by atoms with Gasteiger partial charge in [-0.25, -0.2) is 5.48 Å². The zero-order valence-electron chi connectivity index (χ0n) is 8.28. The van der Waals surface area contributed by atoms with Gasteiger partial charge in [-0.1, -0.05) is 6.07 Å². The van der Waals surface area contributed by atoms with Crippen LogP contribution in [0.5, 0.6) is 0 Å². The zero-order valence-corrected chi connectivity index (χ0v) is 9.10. The quantitative estimate of drug-likeness (QED) is 0.702. The minimum atomic E-state index is -0.286. The Kier molecular flexibility index (Phi) is 4.79. The Morgan fingerprint density at radius 1 is 1.47 bits per heavy atom. The van der Waals surface area contributed by atoms with Crippen LogP contribution in [0.15, 0.2) is 17.5 Å². The van der Waals surface area contributed by atoms with E-state index in [0.717, 1.165) is 4.88 Å². The lowest BCUT2D eigenvalue weighted by molar-refractivity contribution is -0.138.